The fraction of sp³-hybridized carbons (Fsp3) is 0.423. The van der Waals surface area contributed by atoms with Crippen LogP contribution in [0.25, 0.3) is 0 Å². The van der Waals surface area contributed by atoms with Gasteiger partial charge in [0.2, 0.25) is 11.8 Å². The van der Waals surface area contributed by atoms with Gasteiger partial charge in [-0.05, 0) is 67.2 Å². The topological polar surface area (TPSA) is 66.5 Å². The molecule has 3 fully saturated rings. The van der Waals surface area contributed by atoms with Crippen LogP contribution in [0.1, 0.15) is 54.6 Å². The van der Waals surface area contributed by atoms with E-state index in [2.05, 4.69) is 19.2 Å². The Morgan fingerprint density at radius 2 is 1.48 bits per heavy atom. The predicted molar refractivity (Wildman–Crippen MR) is 120 cm³/mol. The lowest BCUT2D eigenvalue weighted by Crippen LogP contribution is -2.34. The van der Waals surface area contributed by atoms with Gasteiger partial charge in [-0.25, -0.2) is 4.90 Å². The molecule has 2 aromatic rings. The summed E-state index contributed by atoms with van der Waals surface area (Å²) in [6, 6.07) is 13.0. The van der Waals surface area contributed by atoms with E-state index in [1.54, 1.807) is 24.3 Å². The van der Waals surface area contributed by atoms with E-state index in [0.717, 1.165) is 48.9 Å². The van der Waals surface area contributed by atoms with Gasteiger partial charge in [-0.1, -0.05) is 44.2 Å². The number of fused-ring (bicyclic) bond motifs is 5. The predicted octanol–water partition coefficient (Wildman–Crippen LogP) is 4.60. The van der Waals surface area contributed by atoms with Gasteiger partial charge in [-0.15, -0.1) is 0 Å². The zero-order chi connectivity index (χ0) is 21.7. The highest BCUT2D eigenvalue weighted by Crippen LogP contribution is 2.56. The fourth-order valence-corrected chi connectivity index (χ4v) is 6.09. The van der Waals surface area contributed by atoms with Crippen LogP contribution < -0.4 is 10.2 Å². The number of hydrogen-bond acceptors (Lipinski definition) is 3. The van der Waals surface area contributed by atoms with Crippen LogP contribution in [0.4, 0.5) is 11.4 Å². The van der Waals surface area contributed by atoms with E-state index in [0.29, 0.717) is 23.1 Å². The second-order valence-corrected chi connectivity index (χ2v) is 9.03. The molecular weight excluding hydrogens is 388 g/mol. The Morgan fingerprint density at radius 1 is 0.903 bits per heavy atom. The summed E-state index contributed by atoms with van der Waals surface area (Å²) in [5.41, 5.74) is 3.76. The fourth-order valence-electron chi connectivity index (χ4n) is 6.09. The molecule has 5 rings (SSSR count). The number of rotatable bonds is 5. The number of nitrogens with zero attached hydrogens (tertiary/aromatic N) is 1. The maximum Gasteiger partial charge on any atom is 0.257 e. The number of benzene rings is 2. The molecule has 0 unspecified atom stereocenters. The van der Waals surface area contributed by atoms with E-state index in [1.807, 2.05) is 18.2 Å². The first kappa shape index (κ1) is 20.0. The van der Waals surface area contributed by atoms with Gasteiger partial charge in [0.05, 0.1) is 23.1 Å². The average Bonchev–Trinajstić information content (AvgIpc) is 3.47. The number of anilines is 2. The molecule has 2 saturated carbocycles. The van der Waals surface area contributed by atoms with Crippen LogP contribution in [0.15, 0.2) is 42.5 Å². The number of carbonyl (C=O) groups excluding carboxylic acids is 3. The van der Waals surface area contributed by atoms with E-state index < -0.39 is 0 Å². The monoisotopic (exact) mass is 416 g/mol. The minimum absolute atomic E-state index is 0.120. The summed E-state index contributed by atoms with van der Waals surface area (Å²) in [7, 11) is 0. The van der Waals surface area contributed by atoms with Crippen molar-refractivity contribution in [2.45, 2.75) is 46.0 Å². The number of carbonyl (C=O) groups is 3. The average molecular weight is 417 g/mol. The first-order valence-corrected chi connectivity index (χ1v) is 11.4. The van der Waals surface area contributed by atoms with E-state index in [-0.39, 0.29) is 29.6 Å². The Kier molecular flexibility index (Phi) is 4.92. The van der Waals surface area contributed by atoms with Crippen LogP contribution in [0.3, 0.4) is 0 Å². The number of para-hydroxylation sites is 2. The summed E-state index contributed by atoms with van der Waals surface area (Å²) in [6.07, 6.45) is 4.68. The smallest absolute Gasteiger partial charge is 0.257 e. The molecule has 2 aliphatic carbocycles. The third-order valence-electron chi connectivity index (χ3n) is 7.55. The summed E-state index contributed by atoms with van der Waals surface area (Å²) in [5, 5.41) is 3.08. The standard InChI is InChI=1S/C26H28N2O3/c1-3-15-8-7-9-16(4-2)23(15)27-24(29)19-10-5-6-11-20(19)28-25(30)21-17-12-13-18(14-17)22(21)26(28)31/h5-11,17-18,21-22H,3-4,12-14H2,1-2H3,(H,27,29)/t17-,18+,21-,22+. The van der Waals surface area contributed by atoms with E-state index in [1.165, 1.54) is 4.90 Å². The van der Waals surface area contributed by atoms with Crippen molar-refractivity contribution in [2.24, 2.45) is 23.7 Å². The van der Waals surface area contributed by atoms with Gasteiger partial charge in [0.25, 0.3) is 5.91 Å². The molecule has 0 radical (unpaired) electrons. The largest absolute Gasteiger partial charge is 0.321 e. The van der Waals surface area contributed by atoms with Crippen molar-refractivity contribution < 1.29 is 14.4 Å². The highest BCUT2D eigenvalue weighted by molar-refractivity contribution is 6.25. The molecule has 1 N–H and O–H groups in total. The normalized spacial score (nSPS) is 26.5. The Bertz CT molecular complexity index is 1030. The summed E-state index contributed by atoms with van der Waals surface area (Å²) < 4.78 is 0. The molecule has 1 aliphatic heterocycles. The SMILES string of the molecule is CCc1cccc(CC)c1NC(=O)c1ccccc1N1C(=O)[C@@H]2[C@@H]3CC[C@@H](C3)[C@@H]2C1=O. The first-order valence-electron chi connectivity index (χ1n) is 11.4. The van der Waals surface area contributed by atoms with Gasteiger partial charge in [0, 0.05) is 5.69 Å². The number of aryl methyl sites for hydroxylation is 2. The quantitative estimate of drug-likeness (QED) is 0.725. The molecule has 3 amide bonds. The maximum atomic E-state index is 13.4. The van der Waals surface area contributed by atoms with E-state index in [4.69, 9.17) is 0 Å². The minimum atomic E-state index is -0.285. The second kappa shape index (κ2) is 7.63. The van der Waals surface area contributed by atoms with Crippen LogP contribution in [0, 0.1) is 23.7 Å². The van der Waals surface area contributed by atoms with Crippen molar-refractivity contribution in [3.05, 3.63) is 59.2 Å². The highest BCUT2D eigenvalue weighted by atomic mass is 16.2. The van der Waals surface area contributed by atoms with Gasteiger partial charge in [0.1, 0.15) is 0 Å². The van der Waals surface area contributed by atoms with Crippen molar-refractivity contribution in [2.75, 3.05) is 10.2 Å². The lowest BCUT2D eigenvalue weighted by atomic mass is 9.81. The van der Waals surface area contributed by atoms with Gasteiger partial charge in [-0.3, -0.25) is 14.4 Å². The summed E-state index contributed by atoms with van der Waals surface area (Å²) >= 11 is 0. The lowest BCUT2D eigenvalue weighted by molar-refractivity contribution is -0.123. The molecule has 0 spiro atoms. The molecule has 1 heterocycles. The molecule has 5 nitrogen and oxygen atoms in total. The number of amides is 3. The first-order chi connectivity index (χ1) is 15.0. The summed E-state index contributed by atoms with van der Waals surface area (Å²) in [4.78, 5) is 41.3. The molecule has 31 heavy (non-hydrogen) atoms. The number of nitrogens with one attached hydrogen (secondary N) is 1. The number of imide groups is 1. The Morgan fingerprint density at radius 3 is 2.06 bits per heavy atom. The Balaban J connectivity index is 1.49. The summed E-state index contributed by atoms with van der Waals surface area (Å²) in [6.45, 7) is 4.12. The molecule has 5 heteroatoms. The zero-order valence-electron chi connectivity index (χ0n) is 18.1. The Labute approximate surface area is 182 Å². The van der Waals surface area contributed by atoms with Gasteiger partial charge in [0.15, 0.2) is 0 Å². The van der Waals surface area contributed by atoms with Crippen molar-refractivity contribution in [3.63, 3.8) is 0 Å². The van der Waals surface area contributed by atoms with E-state index in [9.17, 15) is 14.4 Å². The maximum absolute atomic E-state index is 13.4. The van der Waals surface area contributed by atoms with Crippen molar-refractivity contribution in [1.82, 2.24) is 0 Å². The molecule has 4 atom stereocenters. The van der Waals surface area contributed by atoms with Crippen LogP contribution in [0.5, 0.6) is 0 Å². The third-order valence-corrected chi connectivity index (χ3v) is 7.55. The molecule has 2 aromatic carbocycles. The molecule has 160 valence electrons. The van der Waals surface area contributed by atoms with Crippen molar-refractivity contribution in [3.8, 4) is 0 Å². The van der Waals surface area contributed by atoms with Gasteiger partial charge >= 0.3 is 0 Å². The second-order valence-electron chi connectivity index (χ2n) is 9.03. The molecule has 0 aromatic heterocycles. The zero-order valence-corrected chi connectivity index (χ0v) is 18.1. The van der Waals surface area contributed by atoms with Crippen molar-refractivity contribution >= 4 is 29.1 Å². The lowest BCUT2D eigenvalue weighted by Gasteiger charge is -2.21. The van der Waals surface area contributed by atoms with Crippen LogP contribution >= 0.6 is 0 Å². The Hall–Kier alpha value is -2.95. The van der Waals surface area contributed by atoms with Crippen LogP contribution in [-0.2, 0) is 22.4 Å². The molecule has 3 aliphatic rings. The third kappa shape index (κ3) is 3.01. The minimum Gasteiger partial charge on any atom is -0.321 e. The van der Waals surface area contributed by atoms with Crippen LogP contribution in [0.2, 0.25) is 0 Å². The van der Waals surface area contributed by atoms with E-state index >= 15 is 0 Å². The van der Waals surface area contributed by atoms with Gasteiger partial charge < -0.3 is 5.32 Å². The molecule has 2 bridgehead atoms. The van der Waals surface area contributed by atoms with Gasteiger partial charge in [-0.2, -0.15) is 0 Å². The van der Waals surface area contributed by atoms with Crippen molar-refractivity contribution in [1.29, 1.82) is 0 Å². The van der Waals surface area contributed by atoms with Crippen LogP contribution in [-0.4, -0.2) is 17.7 Å². The summed E-state index contributed by atoms with van der Waals surface area (Å²) in [5.74, 6) is -0.283. The number of hydrogen-bond donors (Lipinski definition) is 1. The molecular formula is C26H28N2O3. The highest BCUT2D eigenvalue weighted by Gasteiger charge is 2.61. The molecule has 1 saturated heterocycles.